The molecule has 0 saturated heterocycles. The number of carbonyl (C=O) groups is 1. The van der Waals surface area contributed by atoms with Crippen molar-refractivity contribution in [2.45, 2.75) is 24.9 Å². The molecule has 2 heteroatoms. The third kappa shape index (κ3) is 1.05. The van der Waals surface area contributed by atoms with Crippen molar-refractivity contribution in [3.05, 3.63) is 47.0 Å². The fourth-order valence-electron chi connectivity index (χ4n) is 2.58. The Hall–Kier alpha value is -1.41. The van der Waals surface area contributed by atoms with Crippen LogP contribution in [0.5, 0.6) is 0 Å². The summed E-state index contributed by atoms with van der Waals surface area (Å²) in [6, 6.07) is 7.78. The Balaban J connectivity index is 2.06. The molecule has 0 heterocycles. The first-order valence-electron chi connectivity index (χ1n) is 5.26. The molecule has 0 amide bonds. The van der Waals surface area contributed by atoms with Crippen LogP contribution in [0.1, 0.15) is 24.0 Å². The molecule has 1 N–H and O–H groups in total. The summed E-state index contributed by atoms with van der Waals surface area (Å²) in [5.74, 6) is 0.104. The third-order valence-electron chi connectivity index (χ3n) is 3.38. The molecule has 1 aromatic carbocycles. The number of hydrogen-bond acceptors (Lipinski definition) is 2. The monoisotopic (exact) mass is 200 g/mol. The molecular formula is C13H12O2. The number of allylic oxidation sites excluding steroid dienone is 1. The maximum Gasteiger partial charge on any atom is 0.162 e. The number of hydrogen-bond donors (Lipinski definition) is 1. The van der Waals surface area contributed by atoms with E-state index in [2.05, 4.69) is 0 Å². The highest BCUT2D eigenvalue weighted by Crippen LogP contribution is 2.46. The lowest BCUT2D eigenvalue weighted by Crippen LogP contribution is -2.42. The standard InChI is InChI=1S/C13H12O2/c14-12-7-3-6-11(12)13(15)8-9-4-1-2-5-10(9)13/h1-2,4-6,15H,3,7-8H2/t13-/m0/s1. The van der Waals surface area contributed by atoms with E-state index >= 15 is 0 Å². The van der Waals surface area contributed by atoms with Crippen LogP contribution in [-0.2, 0) is 16.8 Å². The molecule has 1 atom stereocenters. The first kappa shape index (κ1) is 8.86. The van der Waals surface area contributed by atoms with Crippen LogP contribution in [0.25, 0.3) is 0 Å². The summed E-state index contributed by atoms with van der Waals surface area (Å²) in [5.41, 5.74) is 1.69. The summed E-state index contributed by atoms with van der Waals surface area (Å²) in [5, 5.41) is 10.4. The van der Waals surface area contributed by atoms with Gasteiger partial charge in [0.15, 0.2) is 5.78 Å². The summed E-state index contributed by atoms with van der Waals surface area (Å²) in [4.78, 5) is 11.6. The first-order chi connectivity index (χ1) is 7.22. The highest BCUT2D eigenvalue weighted by atomic mass is 16.3. The highest BCUT2D eigenvalue weighted by Gasteiger charge is 2.46. The zero-order valence-corrected chi connectivity index (χ0v) is 8.36. The fraction of sp³-hybridized carbons (Fsp3) is 0.308. The molecule has 2 nitrogen and oxygen atoms in total. The van der Waals surface area contributed by atoms with Crippen molar-refractivity contribution >= 4 is 5.78 Å². The van der Waals surface area contributed by atoms with Crippen molar-refractivity contribution in [3.8, 4) is 0 Å². The Morgan fingerprint density at radius 2 is 2.07 bits per heavy atom. The Labute approximate surface area is 88.2 Å². The molecular weight excluding hydrogens is 188 g/mol. The van der Waals surface area contributed by atoms with E-state index in [1.165, 1.54) is 0 Å². The predicted molar refractivity (Wildman–Crippen MR) is 56.4 cm³/mol. The van der Waals surface area contributed by atoms with E-state index in [1.54, 1.807) is 0 Å². The Morgan fingerprint density at radius 3 is 2.73 bits per heavy atom. The lowest BCUT2D eigenvalue weighted by atomic mass is 9.69. The van der Waals surface area contributed by atoms with Crippen LogP contribution in [0.4, 0.5) is 0 Å². The van der Waals surface area contributed by atoms with Crippen LogP contribution >= 0.6 is 0 Å². The molecule has 0 saturated carbocycles. The summed E-state index contributed by atoms with van der Waals surface area (Å²) in [6.07, 6.45) is 3.80. The molecule has 1 aromatic rings. The van der Waals surface area contributed by atoms with Crippen LogP contribution in [0.15, 0.2) is 35.9 Å². The van der Waals surface area contributed by atoms with Gasteiger partial charge in [-0.3, -0.25) is 4.79 Å². The Bertz CT molecular complexity index is 473. The van der Waals surface area contributed by atoms with Gasteiger partial charge in [-0.2, -0.15) is 0 Å². The molecule has 0 bridgehead atoms. The van der Waals surface area contributed by atoms with Gasteiger partial charge < -0.3 is 5.11 Å². The quantitative estimate of drug-likeness (QED) is 0.749. The first-order valence-corrected chi connectivity index (χ1v) is 5.26. The number of benzene rings is 1. The minimum absolute atomic E-state index is 0.104. The Kier molecular flexibility index (Phi) is 1.65. The predicted octanol–water partition coefficient (Wildman–Crippen LogP) is 1.72. The third-order valence-corrected chi connectivity index (χ3v) is 3.38. The van der Waals surface area contributed by atoms with E-state index in [9.17, 15) is 9.90 Å². The minimum Gasteiger partial charge on any atom is -0.380 e. The van der Waals surface area contributed by atoms with Crippen LogP contribution < -0.4 is 0 Å². The maximum absolute atomic E-state index is 11.6. The second kappa shape index (κ2) is 2.80. The van der Waals surface area contributed by atoms with Gasteiger partial charge in [0.25, 0.3) is 0 Å². The van der Waals surface area contributed by atoms with Crippen LogP contribution in [-0.4, -0.2) is 10.9 Å². The van der Waals surface area contributed by atoms with Crippen LogP contribution in [0, 0.1) is 0 Å². The zero-order chi connectivity index (χ0) is 10.5. The number of ketones is 1. The van der Waals surface area contributed by atoms with Gasteiger partial charge in [0, 0.05) is 18.4 Å². The zero-order valence-electron chi connectivity index (χ0n) is 8.36. The average molecular weight is 200 g/mol. The lowest BCUT2D eigenvalue weighted by Gasteiger charge is -2.40. The fourth-order valence-corrected chi connectivity index (χ4v) is 2.58. The minimum atomic E-state index is -0.982. The van der Waals surface area contributed by atoms with Gasteiger partial charge in [0.1, 0.15) is 5.60 Å². The van der Waals surface area contributed by atoms with E-state index < -0.39 is 5.60 Å². The van der Waals surface area contributed by atoms with E-state index in [-0.39, 0.29) is 5.78 Å². The largest absolute Gasteiger partial charge is 0.380 e. The highest BCUT2D eigenvalue weighted by molar-refractivity contribution is 6.00. The number of Topliss-reactive ketones (excluding diaryl/α,β-unsaturated/α-hetero) is 1. The van der Waals surface area contributed by atoms with Gasteiger partial charge in [-0.25, -0.2) is 0 Å². The van der Waals surface area contributed by atoms with Gasteiger partial charge in [0.2, 0.25) is 0 Å². The second-order valence-electron chi connectivity index (χ2n) is 4.27. The van der Waals surface area contributed by atoms with Crippen molar-refractivity contribution in [2.24, 2.45) is 0 Å². The van der Waals surface area contributed by atoms with Crippen molar-refractivity contribution < 1.29 is 9.90 Å². The normalized spacial score (nSPS) is 28.3. The molecule has 0 unspecified atom stereocenters. The number of carbonyl (C=O) groups excluding carboxylic acids is 1. The van der Waals surface area contributed by atoms with Gasteiger partial charge >= 0.3 is 0 Å². The SMILES string of the molecule is O=C1CCC=C1[C@]1(O)Cc2ccccc21. The second-order valence-corrected chi connectivity index (χ2v) is 4.27. The number of fused-ring (bicyclic) bond motifs is 1. The molecule has 0 aromatic heterocycles. The molecule has 2 aliphatic carbocycles. The van der Waals surface area contributed by atoms with Gasteiger partial charge in [-0.1, -0.05) is 30.3 Å². The van der Waals surface area contributed by atoms with E-state index in [0.29, 0.717) is 18.4 Å². The molecule has 0 fully saturated rings. The van der Waals surface area contributed by atoms with Gasteiger partial charge in [0.05, 0.1) is 0 Å². The van der Waals surface area contributed by atoms with Crippen LogP contribution in [0.2, 0.25) is 0 Å². The van der Waals surface area contributed by atoms with Crippen molar-refractivity contribution in [1.29, 1.82) is 0 Å². The summed E-state index contributed by atoms with van der Waals surface area (Å²) in [7, 11) is 0. The van der Waals surface area contributed by atoms with Crippen molar-refractivity contribution in [2.75, 3.05) is 0 Å². The lowest BCUT2D eigenvalue weighted by molar-refractivity contribution is -0.117. The van der Waals surface area contributed by atoms with Gasteiger partial charge in [-0.15, -0.1) is 0 Å². The van der Waals surface area contributed by atoms with E-state index in [0.717, 1.165) is 17.5 Å². The molecule has 0 spiro atoms. The molecule has 76 valence electrons. The maximum atomic E-state index is 11.6. The molecule has 0 radical (unpaired) electrons. The molecule has 3 rings (SSSR count). The number of aliphatic hydroxyl groups is 1. The van der Waals surface area contributed by atoms with E-state index in [4.69, 9.17) is 0 Å². The Morgan fingerprint density at radius 1 is 1.27 bits per heavy atom. The van der Waals surface area contributed by atoms with Crippen molar-refractivity contribution in [3.63, 3.8) is 0 Å². The number of rotatable bonds is 1. The molecule has 2 aliphatic rings. The topological polar surface area (TPSA) is 37.3 Å². The van der Waals surface area contributed by atoms with E-state index in [1.807, 2.05) is 30.3 Å². The summed E-state index contributed by atoms with van der Waals surface area (Å²) < 4.78 is 0. The van der Waals surface area contributed by atoms with Crippen LogP contribution in [0.3, 0.4) is 0 Å². The summed E-state index contributed by atoms with van der Waals surface area (Å²) >= 11 is 0. The smallest absolute Gasteiger partial charge is 0.162 e. The average Bonchev–Trinajstić information content (AvgIpc) is 2.63. The summed E-state index contributed by atoms with van der Waals surface area (Å²) in [6.45, 7) is 0. The van der Waals surface area contributed by atoms with Gasteiger partial charge in [-0.05, 0) is 17.5 Å². The molecule has 15 heavy (non-hydrogen) atoms. The molecule has 0 aliphatic heterocycles. The van der Waals surface area contributed by atoms with Crippen molar-refractivity contribution in [1.82, 2.24) is 0 Å².